The Hall–Kier alpha value is -0.380. The monoisotopic (exact) mass is 239 g/mol. The first-order valence-corrected chi connectivity index (χ1v) is 7.05. The lowest BCUT2D eigenvalue weighted by atomic mass is 9.69. The average Bonchev–Trinajstić information content (AvgIpc) is 2.82. The molecule has 1 aliphatic rings. The molecule has 0 radical (unpaired) electrons. The summed E-state index contributed by atoms with van der Waals surface area (Å²) in [4.78, 5) is 1.41. The van der Waals surface area contributed by atoms with Gasteiger partial charge >= 0.3 is 0 Å². The fraction of sp³-hybridized carbons (Fsp3) is 0.692. The molecule has 0 amide bonds. The fourth-order valence-corrected chi connectivity index (χ4v) is 3.46. The SMILES string of the molecule is NCC1(CCc2cccs2)CCCCC1O. The van der Waals surface area contributed by atoms with Gasteiger partial charge in [0.1, 0.15) is 0 Å². The molecule has 0 saturated heterocycles. The molecule has 1 fully saturated rings. The maximum Gasteiger partial charge on any atom is 0.0608 e. The van der Waals surface area contributed by atoms with Crippen LogP contribution in [0, 0.1) is 5.41 Å². The minimum Gasteiger partial charge on any atom is -0.393 e. The van der Waals surface area contributed by atoms with Crippen molar-refractivity contribution in [3.63, 3.8) is 0 Å². The van der Waals surface area contributed by atoms with Crippen molar-refractivity contribution in [1.29, 1.82) is 0 Å². The normalized spacial score (nSPS) is 30.5. The van der Waals surface area contributed by atoms with Crippen LogP contribution in [0.4, 0.5) is 0 Å². The van der Waals surface area contributed by atoms with E-state index in [2.05, 4.69) is 17.5 Å². The zero-order valence-corrected chi connectivity index (χ0v) is 10.5. The Morgan fingerprint density at radius 1 is 1.50 bits per heavy atom. The highest BCUT2D eigenvalue weighted by molar-refractivity contribution is 7.09. The molecule has 0 spiro atoms. The smallest absolute Gasteiger partial charge is 0.0608 e. The Labute approximate surface area is 101 Å². The Balaban J connectivity index is 1.98. The summed E-state index contributed by atoms with van der Waals surface area (Å²) in [7, 11) is 0. The Bertz CT molecular complexity index is 312. The molecule has 0 aliphatic heterocycles. The minimum atomic E-state index is -0.189. The number of aliphatic hydroxyl groups excluding tert-OH is 1. The zero-order chi connectivity index (χ0) is 11.4. The number of aliphatic hydroxyl groups is 1. The van der Waals surface area contributed by atoms with Gasteiger partial charge in [0.05, 0.1) is 6.10 Å². The fourth-order valence-electron chi connectivity index (χ4n) is 2.75. The summed E-state index contributed by atoms with van der Waals surface area (Å²) < 4.78 is 0. The number of thiophene rings is 1. The van der Waals surface area contributed by atoms with Crippen LogP contribution in [0.1, 0.15) is 37.0 Å². The molecule has 3 N–H and O–H groups in total. The second-order valence-electron chi connectivity index (χ2n) is 4.91. The predicted molar refractivity (Wildman–Crippen MR) is 68.6 cm³/mol. The molecule has 16 heavy (non-hydrogen) atoms. The molecule has 2 rings (SSSR count). The summed E-state index contributed by atoms with van der Waals surface area (Å²) in [6.45, 7) is 0.625. The minimum absolute atomic E-state index is 0.0117. The van der Waals surface area contributed by atoms with Crippen molar-refractivity contribution in [3.05, 3.63) is 22.4 Å². The van der Waals surface area contributed by atoms with E-state index in [-0.39, 0.29) is 11.5 Å². The molecule has 0 bridgehead atoms. The van der Waals surface area contributed by atoms with Gasteiger partial charge in [0, 0.05) is 16.8 Å². The molecule has 90 valence electrons. The molecular weight excluding hydrogens is 218 g/mol. The molecule has 1 aromatic rings. The van der Waals surface area contributed by atoms with Gasteiger partial charge in [-0.2, -0.15) is 0 Å². The van der Waals surface area contributed by atoms with Crippen molar-refractivity contribution in [1.82, 2.24) is 0 Å². The number of rotatable bonds is 4. The van der Waals surface area contributed by atoms with Crippen molar-refractivity contribution in [2.45, 2.75) is 44.6 Å². The second kappa shape index (κ2) is 5.30. The molecule has 0 aromatic carbocycles. The predicted octanol–water partition coefficient (Wildman–Crippen LogP) is 2.56. The quantitative estimate of drug-likeness (QED) is 0.848. The van der Waals surface area contributed by atoms with E-state index < -0.39 is 0 Å². The highest BCUT2D eigenvalue weighted by atomic mass is 32.1. The van der Waals surface area contributed by atoms with Crippen LogP contribution in [0.3, 0.4) is 0 Å². The van der Waals surface area contributed by atoms with E-state index in [0.29, 0.717) is 6.54 Å². The molecule has 1 heterocycles. The third-order valence-corrected chi connectivity index (χ3v) is 4.90. The molecule has 1 aliphatic carbocycles. The Morgan fingerprint density at radius 3 is 3.00 bits per heavy atom. The Morgan fingerprint density at radius 2 is 2.38 bits per heavy atom. The van der Waals surface area contributed by atoms with Crippen molar-refractivity contribution < 1.29 is 5.11 Å². The van der Waals surface area contributed by atoms with E-state index in [9.17, 15) is 5.11 Å². The number of hydrogen-bond donors (Lipinski definition) is 2. The summed E-state index contributed by atoms with van der Waals surface area (Å²) in [5, 5.41) is 12.3. The average molecular weight is 239 g/mol. The summed E-state index contributed by atoms with van der Waals surface area (Å²) in [5.74, 6) is 0. The maximum atomic E-state index is 10.2. The van der Waals surface area contributed by atoms with Crippen LogP contribution in [0.2, 0.25) is 0 Å². The first-order valence-electron chi connectivity index (χ1n) is 6.17. The van der Waals surface area contributed by atoms with Gasteiger partial charge in [-0.05, 0) is 37.1 Å². The van der Waals surface area contributed by atoms with Gasteiger partial charge in [-0.15, -0.1) is 11.3 Å². The number of hydrogen-bond acceptors (Lipinski definition) is 3. The van der Waals surface area contributed by atoms with Crippen LogP contribution in [0.15, 0.2) is 17.5 Å². The van der Waals surface area contributed by atoms with Crippen LogP contribution in [-0.4, -0.2) is 17.8 Å². The highest BCUT2D eigenvalue weighted by Gasteiger charge is 2.38. The Kier molecular flexibility index (Phi) is 4.00. The van der Waals surface area contributed by atoms with Crippen LogP contribution in [0.25, 0.3) is 0 Å². The summed E-state index contributed by atoms with van der Waals surface area (Å²) >= 11 is 1.80. The summed E-state index contributed by atoms with van der Waals surface area (Å²) in [6.07, 6.45) is 6.31. The third-order valence-electron chi connectivity index (χ3n) is 3.97. The summed E-state index contributed by atoms with van der Waals surface area (Å²) in [6, 6.07) is 4.26. The van der Waals surface area contributed by atoms with E-state index in [1.165, 1.54) is 11.3 Å². The summed E-state index contributed by atoms with van der Waals surface area (Å²) in [5.41, 5.74) is 5.90. The maximum absolute atomic E-state index is 10.2. The number of nitrogens with two attached hydrogens (primary N) is 1. The van der Waals surface area contributed by atoms with E-state index in [4.69, 9.17) is 5.73 Å². The number of aryl methyl sites for hydroxylation is 1. The van der Waals surface area contributed by atoms with Crippen molar-refractivity contribution >= 4 is 11.3 Å². The lowest BCUT2D eigenvalue weighted by Crippen LogP contribution is -2.44. The van der Waals surface area contributed by atoms with Crippen molar-refractivity contribution in [2.24, 2.45) is 11.1 Å². The van der Waals surface area contributed by atoms with Crippen LogP contribution >= 0.6 is 11.3 Å². The largest absolute Gasteiger partial charge is 0.393 e. The molecule has 2 atom stereocenters. The zero-order valence-electron chi connectivity index (χ0n) is 9.69. The van der Waals surface area contributed by atoms with Gasteiger partial charge in [-0.1, -0.05) is 18.9 Å². The second-order valence-corrected chi connectivity index (χ2v) is 5.94. The lowest BCUT2D eigenvalue weighted by molar-refractivity contribution is -0.0114. The van der Waals surface area contributed by atoms with Gasteiger partial charge in [0.25, 0.3) is 0 Å². The topological polar surface area (TPSA) is 46.2 Å². The van der Waals surface area contributed by atoms with Crippen LogP contribution < -0.4 is 5.73 Å². The van der Waals surface area contributed by atoms with E-state index in [1.807, 2.05) is 0 Å². The van der Waals surface area contributed by atoms with Crippen molar-refractivity contribution in [3.8, 4) is 0 Å². The van der Waals surface area contributed by atoms with Gasteiger partial charge in [-0.3, -0.25) is 0 Å². The van der Waals surface area contributed by atoms with Crippen molar-refractivity contribution in [2.75, 3.05) is 6.54 Å². The van der Waals surface area contributed by atoms with Gasteiger partial charge in [0.2, 0.25) is 0 Å². The van der Waals surface area contributed by atoms with Crippen LogP contribution in [0.5, 0.6) is 0 Å². The van der Waals surface area contributed by atoms with E-state index in [1.54, 1.807) is 11.3 Å². The highest BCUT2D eigenvalue weighted by Crippen LogP contribution is 2.39. The molecule has 2 nitrogen and oxygen atoms in total. The third kappa shape index (κ3) is 2.47. The van der Waals surface area contributed by atoms with Gasteiger partial charge in [-0.25, -0.2) is 0 Å². The molecule has 2 unspecified atom stereocenters. The molecular formula is C13H21NOS. The van der Waals surface area contributed by atoms with Gasteiger partial charge in [0.15, 0.2) is 0 Å². The first kappa shape index (κ1) is 12.1. The molecule has 3 heteroatoms. The van der Waals surface area contributed by atoms with Crippen LogP contribution in [-0.2, 0) is 6.42 Å². The first-order chi connectivity index (χ1) is 7.77. The van der Waals surface area contributed by atoms with E-state index >= 15 is 0 Å². The lowest BCUT2D eigenvalue weighted by Gasteiger charge is -2.40. The molecule has 1 saturated carbocycles. The molecule has 1 aromatic heterocycles. The van der Waals surface area contributed by atoms with Gasteiger partial charge < -0.3 is 10.8 Å². The standard InChI is InChI=1S/C13H21NOS/c14-10-13(7-2-1-5-12(13)15)8-6-11-4-3-9-16-11/h3-4,9,12,15H,1-2,5-8,10,14H2. The van der Waals surface area contributed by atoms with E-state index in [0.717, 1.165) is 32.1 Å².